The third-order valence-corrected chi connectivity index (χ3v) is 17.1. The Morgan fingerprint density at radius 3 is 0.951 bits per heavy atom. The summed E-state index contributed by atoms with van der Waals surface area (Å²) in [4.78, 5) is 24.5. The van der Waals surface area contributed by atoms with Crippen LogP contribution < -0.4 is 5.32 Å². The Hall–Kier alpha value is -2.18. The summed E-state index contributed by atoms with van der Waals surface area (Å²) in [7, 11) is 0. The highest BCUT2D eigenvalue weighted by molar-refractivity contribution is 5.76. The molecular formula is C76H143NO5. The maximum absolute atomic E-state index is 12.5. The number of ether oxygens (including phenoxy) is 1. The van der Waals surface area contributed by atoms with Crippen LogP contribution in [0.5, 0.6) is 0 Å². The Bertz CT molecular complexity index is 1370. The number of aliphatic hydroxyl groups excluding tert-OH is 2. The molecule has 0 saturated carbocycles. The lowest BCUT2D eigenvalue weighted by Gasteiger charge is -2.20. The molecule has 0 aromatic rings. The fraction of sp³-hybridized carbons (Fsp3) is 0.868. The predicted octanol–water partition coefficient (Wildman–Crippen LogP) is 24.0. The summed E-state index contributed by atoms with van der Waals surface area (Å²) in [6, 6.07) is -0.624. The number of carbonyl (C=O) groups excluding carboxylic acids is 2. The number of aliphatic hydroxyl groups is 2. The Morgan fingerprint density at radius 2 is 0.610 bits per heavy atom. The van der Waals surface area contributed by atoms with Gasteiger partial charge in [0.1, 0.15) is 0 Å². The summed E-state index contributed by atoms with van der Waals surface area (Å²) in [6.07, 6.45) is 93.7. The molecule has 0 aliphatic rings. The van der Waals surface area contributed by atoms with E-state index in [0.29, 0.717) is 19.4 Å². The second kappa shape index (κ2) is 71.3. The summed E-state index contributed by atoms with van der Waals surface area (Å²) in [5.74, 6) is -0.0556. The standard InChI is InChI=1S/C76H143NO5/c1-3-5-7-9-11-13-15-17-18-43-46-50-54-58-62-66-70-76(81)82-71-67-63-59-55-51-47-44-41-39-37-35-33-31-29-27-25-23-21-19-20-22-24-26-28-30-32-34-36-38-40-42-45-49-53-57-61-65-69-75(80)77-73(72-78)74(79)68-64-60-56-52-48-16-14-12-10-8-6-4-2/h13,15,18-19,21,43,64,68,73-74,78-79H,3-12,14,16-17,20,22-42,44-63,65-67,69-72H2,1-2H3,(H,77,80)/b15-13-,21-19-,43-18-,68-64+. The Labute approximate surface area is 512 Å². The molecule has 0 saturated heterocycles. The lowest BCUT2D eigenvalue weighted by Crippen LogP contribution is -2.45. The molecule has 82 heavy (non-hydrogen) atoms. The van der Waals surface area contributed by atoms with E-state index in [0.717, 1.165) is 51.4 Å². The molecule has 3 N–H and O–H groups in total. The highest BCUT2D eigenvalue weighted by Gasteiger charge is 2.18. The minimum absolute atomic E-state index is 0.00784. The molecule has 6 nitrogen and oxygen atoms in total. The molecule has 0 rings (SSSR count). The first-order chi connectivity index (χ1) is 40.5. The van der Waals surface area contributed by atoms with Crippen LogP contribution >= 0.6 is 0 Å². The van der Waals surface area contributed by atoms with Crippen LogP contribution in [0, 0.1) is 0 Å². The third-order valence-electron chi connectivity index (χ3n) is 17.1. The van der Waals surface area contributed by atoms with Crippen molar-refractivity contribution in [1.29, 1.82) is 0 Å². The van der Waals surface area contributed by atoms with Crippen LogP contribution in [0.15, 0.2) is 48.6 Å². The molecule has 0 aliphatic heterocycles. The van der Waals surface area contributed by atoms with Crippen LogP contribution in [-0.4, -0.2) is 47.4 Å². The van der Waals surface area contributed by atoms with E-state index in [1.165, 1.54) is 321 Å². The van der Waals surface area contributed by atoms with E-state index in [2.05, 4.69) is 55.6 Å². The first-order valence-corrected chi connectivity index (χ1v) is 36.9. The summed E-state index contributed by atoms with van der Waals surface area (Å²) in [6.45, 7) is 4.90. The minimum atomic E-state index is -0.841. The van der Waals surface area contributed by atoms with Gasteiger partial charge in [0.15, 0.2) is 0 Å². The molecule has 1 amide bonds. The van der Waals surface area contributed by atoms with Crippen molar-refractivity contribution in [3.05, 3.63) is 48.6 Å². The normalized spacial score (nSPS) is 12.8. The fourth-order valence-electron chi connectivity index (χ4n) is 11.4. The van der Waals surface area contributed by atoms with Gasteiger partial charge in [-0.2, -0.15) is 0 Å². The fourth-order valence-corrected chi connectivity index (χ4v) is 11.4. The Balaban J connectivity index is 3.33. The Morgan fingerprint density at radius 1 is 0.341 bits per heavy atom. The van der Waals surface area contributed by atoms with Crippen LogP contribution in [0.25, 0.3) is 0 Å². The quantitative estimate of drug-likeness (QED) is 0.0320. The van der Waals surface area contributed by atoms with Crippen molar-refractivity contribution in [2.24, 2.45) is 0 Å². The van der Waals surface area contributed by atoms with Crippen LogP contribution in [0.2, 0.25) is 0 Å². The molecule has 0 spiro atoms. The lowest BCUT2D eigenvalue weighted by atomic mass is 10.0. The summed E-state index contributed by atoms with van der Waals surface area (Å²) >= 11 is 0. The molecule has 2 atom stereocenters. The Kier molecular flexibility index (Phi) is 69.4. The molecule has 0 bridgehead atoms. The van der Waals surface area contributed by atoms with E-state index in [1.54, 1.807) is 6.08 Å². The zero-order valence-electron chi connectivity index (χ0n) is 55.2. The van der Waals surface area contributed by atoms with Gasteiger partial charge < -0.3 is 20.3 Å². The summed E-state index contributed by atoms with van der Waals surface area (Å²) in [5, 5.41) is 23.1. The number of nitrogens with one attached hydrogen (secondary N) is 1. The van der Waals surface area contributed by atoms with E-state index in [1.807, 2.05) is 6.08 Å². The number of hydrogen-bond acceptors (Lipinski definition) is 5. The molecule has 0 fully saturated rings. The van der Waals surface area contributed by atoms with Gasteiger partial charge in [-0.05, 0) is 89.9 Å². The SMILES string of the molecule is CCCCCC/C=C\C/C=C\CCCCCCCC(=O)OCCCCCCCCCCCCCCCCCC/C=C\CCCCCCCCCCCCCCCCCCCC(=O)NC(CO)C(O)/C=C/CCCCCCCCCCCC. The van der Waals surface area contributed by atoms with E-state index in [-0.39, 0.29) is 18.5 Å². The number of carbonyl (C=O) groups is 2. The monoisotopic (exact) mass is 1150 g/mol. The van der Waals surface area contributed by atoms with Gasteiger partial charge in [-0.25, -0.2) is 0 Å². The van der Waals surface area contributed by atoms with Gasteiger partial charge in [-0.1, -0.05) is 345 Å². The lowest BCUT2D eigenvalue weighted by molar-refractivity contribution is -0.143. The molecule has 0 aromatic carbocycles. The highest BCUT2D eigenvalue weighted by atomic mass is 16.5. The number of hydrogen-bond donors (Lipinski definition) is 3. The van der Waals surface area contributed by atoms with E-state index in [9.17, 15) is 19.8 Å². The second-order valence-electron chi connectivity index (χ2n) is 25.3. The number of unbranched alkanes of at least 4 members (excludes halogenated alkanes) is 52. The van der Waals surface area contributed by atoms with Crippen molar-refractivity contribution in [3.63, 3.8) is 0 Å². The van der Waals surface area contributed by atoms with Crippen LogP contribution in [0.3, 0.4) is 0 Å². The van der Waals surface area contributed by atoms with Gasteiger partial charge in [0.2, 0.25) is 5.91 Å². The summed E-state index contributed by atoms with van der Waals surface area (Å²) < 4.78 is 5.49. The second-order valence-corrected chi connectivity index (χ2v) is 25.3. The molecule has 6 heteroatoms. The first kappa shape index (κ1) is 79.8. The number of amides is 1. The average molecular weight is 1150 g/mol. The van der Waals surface area contributed by atoms with Crippen molar-refractivity contribution in [2.45, 2.75) is 411 Å². The van der Waals surface area contributed by atoms with Crippen molar-refractivity contribution >= 4 is 11.9 Å². The molecule has 0 aromatic heterocycles. The maximum atomic E-state index is 12.5. The highest BCUT2D eigenvalue weighted by Crippen LogP contribution is 2.18. The van der Waals surface area contributed by atoms with Gasteiger partial charge in [0.25, 0.3) is 0 Å². The average Bonchev–Trinajstić information content (AvgIpc) is 3.48. The molecule has 482 valence electrons. The van der Waals surface area contributed by atoms with Crippen LogP contribution in [0.4, 0.5) is 0 Å². The van der Waals surface area contributed by atoms with E-state index < -0.39 is 12.1 Å². The summed E-state index contributed by atoms with van der Waals surface area (Å²) in [5.41, 5.74) is 0. The minimum Gasteiger partial charge on any atom is -0.466 e. The number of rotatable bonds is 69. The van der Waals surface area contributed by atoms with E-state index in [4.69, 9.17) is 4.74 Å². The van der Waals surface area contributed by atoms with Crippen LogP contribution in [-0.2, 0) is 14.3 Å². The van der Waals surface area contributed by atoms with Crippen molar-refractivity contribution in [2.75, 3.05) is 13.2 Å². The third kappa shape index (κ3) is 67.0. The zero-order chi connectivity index (χ0) is 59.2. The van der Waals surface area contributed by atoms with Gasteiger partial charge in [-0.15, -0.1) is 0 Å². The number of allylic oxidation sites excluding steroid dienone is 7. The van der Waals surface area contributed by atoms with Crippen molar-refractivity contribution in [1.82, 2.24) is 5.32 Å². The van der Waals surface area contributed by atoms with Gasteiger partial charge in [-0.3, -0.25) is 9.59 Å². The largest absolute Gasteiger partial charge is 0.466 e. The van der Waals surface area contributed by atoms with Gasteiger partial charge >= 0.3 is 5.97 Å². The van der Waals surface area contributed by atoms with E-state index >= 15 is 0 Å². The molecule has 0 heterocycles. The predicted molar refractivity (Wildman–Crippen MR) is 361 cm³/mol. The smallest absolute Gasteiger partial charge is 0.305 e. The van der Waals surface area contributed by atoms with Gasteiger partial charge in [0, 0.05) is 12.8 Å². The molecule has 0 aliphatic carbocycles. The number of esters is 1. The zero-order valence-corrected chi connectivity index (χ0v) is 55.2. The molecular weight excluding hydrogens is 1010 g/mol. The van der Waals surface area contributed by atoms with Gasteiger partial charge in [0.05, 0.1) is 25.4 Å². The van der Waals surface area contributed by atoms with Crippen LogP contribution in [0.1, 0.15) is 399 Å². The van der Waals surface area contributed by atoms with Crippen molar-refractivity contribution < 1.29 is 24.5 Å². The topological polar surface area (TPSA) is 95.9 Å². The van der Waals surface area contributed by atoms with Crippen molar-refractivity contribution in [3.8, 4) is 0 Å². The molecule has 0 radical (unpaired) electrons. The maximum Gasteiger partial charge on any atom is 0.305 e. The molecule has 2 unspecified atom stereocenters. The first-order valence-electron chi connectivity index (χ1n) is 36.9.